The molecule has 2 aliphatic rings. The lowest BCUT2D eigenvalue weighted by atomic mass is 9.76. The van der Waals surface area contributed by atoms with Crippen molar-refractivity contribution in [2.45, 2.75) is 65.1 Å². The topological polar surface area (TPSA) is 84.8 Å². The zero-order valence-electron chi connectivity index (χ0n) is 16.3. The van der Waals surface area contributed by atoms with E-state index in [2.05, 4.69) is 9.97 Å². The van der Waals surface area contributed by atoms with Gasteiger partial charge in [-0.2, -0.15) is 0 Å². The number of carbonyl (C=O) groups is 1. The van der Waals surface area contributed by atoms with Gasteiger partial charge in [-0.1, -0.05) is 6.92 Å². The third kappa shape index (κ3) is 3.20. The average molecular weight is 361 g/mol. The third-order valence-electron chi connectivity index (χ3n) is 6.32. The number of aromatic nitrogens is 2. The highest BCUT2D eigenvalue weighted by Crippen LogP contribution is 2.37. The van der Waals surface area contributed by atoms with Crippen molar-refractivity contribution in [3.63, 3.8) is 0 Å². The van der Waals surface area contributed by atoms with Gasteiger partial charge in [0.05, 0.1) is 16.6 Å². The molecule has 3 heterocycles. The summed E-state index contributed by atoms with van der Waals surface area (Å²) in [6.45, 7) is 11.3. The van der Waals surface area contributed by atoms with Gasteiger partial charge in [0.15, 0.2) is 0 Å². The van der Waals surface area contributed by atoms with Gasteiger partial charge >= 0.3 is 13.1 Å². The number of hydrogen-bond acceptors (Lipinski definition) is 6. The molecule has 0 aromatic carbocycles. The molecule has 1 N–H and O–H groups in total. The molecule has 0 saturated carbocycles. The van der Waals surface area contributed by atoms with Gasteiger partial charge in [0.2, 0.25) is 5.95 Å². The van der Waals surface area contributed by atoms with Gasteiger partial charge in [0, 0.05) is 30.9 Å². The van der Waals surface area contributed by atoms with E-state index in [1.54, 1.807) is 12.4 Å². The fourth-order valence-electron chi connectivity index (χ4n) is 3.45. The monoisotopic (exact) mass is 361 g/mol. The van der Waals surface area contributed by atoms with Crippen LogP contribution in [-0.2, 0) is 14.1 Å². The SMILES string of the molecule is CCC1(C(=O)O)CCN(c2ncc(B3OC(C)(C)C(C)(C)O3)cn2)CC1. The summed E-state index contributed by atoms with van der Waals surface area (Å²) in [4.78, 5) is 22.6. The molecule has 0 unspecified atom stereocenters. The van der Waals surface area contributed by atoms with Crippen molar-refractivity contribution in [1.29, 1.82) is 0 Å². The van der Waals surface area contributed by atoms with E-state index < -0.39 is 29.7 Å². The minimum atomic E-state index is -0.698. The van der Waals surface area contributed by atoms with Crippen molar-refractivity contribution in [2.75, 3.05) is 18.0 Å². The lowest BCUT2D eigenvalue weighted by Gasteiger charge is -2.38. The number of anilines is 1. The highest BCUT2D eigenvalue weighted by atomic mass is 16.7. The molecule has 142 valence electrons. The molecule has 8 heteroatoms. The van der Waals surface area contributed by atoms with E-state index in [0.717, 1.165) is 5.46 Å². The predicted octanol–water partition coefficient (Wildman–Crippen LogP) is 1.86. The van der Waals surface area contributed by atoms with Crippen LogP contribution in [0.3, 0.4) is 0 Å². The smallest absolute Gasteiger partial charge is 0.481 e. The maximum absolute atomic E-state index is 11.6. The molecule has 0 radical (unpaired) electrons. The van der Waals surface area contributed by atoms with Crippen LogP contribution in [0, 0.1) is 5.41 Å². The zero-order valence-corrected chi connectivity index (χ0v) is 16.3. The van der Waals surface area contributed by atoms with Crippen LogP contribution >= 0.6 is 0 Å². The number of nitrogens with zero attached hydrogens (tertiary/aromatic N) is 3. The Kier molecular flexibility index (Phi) is 4.77. The van der Waals surface area contributed by atoms with Crippen LogP contribution in [0.5, 0.6) is 0 Å². The third-order valence-corrected chi connectivity index (χ3v) is 6.32. The minimum absolute atomic E-state index is 0.399. The lowest BCUT2D eigenvalue weighted by Crippen LogP contribution is -2.45. The van der Waals surface area contributed by atoms with Crippen LogP contribution in [0.25, 0.3) is 0 Å². The van der Waals surface area contributed by atoms with E-state index in [-0.39, 0.29) is 0 Å². The molecule has 7 nitrogen and oxygen atoms in total. The molecule has 0 atom stereocenters. The summed E-state index contributed by atoms with van der Waals surface area (Å²) in [5.74, 6) is -0.0722. The first-order valence-electron chi connectivity index (χ1n) is 9.26. The quantitative estimate of drug-likeness (QED) is 0.820. The Morgan fingerprint density at radius 3 is 2.08 bits per heavy atom. The van der Waals surface area contributed by atoms with Crippen molar-refractivity contribution in [3.05, 3.63) is 12.4 Å². The maximum Gasteiger partial charge on any atom is 0.498 e. The molecule has 0 aliphatic carbocycles. The summed E-state index contributed by atoms with van der Waals surface area (Å²) in [7, 11) is -0.477. The Bertz CT molecular complexity index is 654. The fourth-order valence-corrected chi connectivity index (χ4v) is 3.45. The van der Waals surface area contributed by atoms with Crippen molar-refractivity contribution in [1.82, 2.24) is 9.97 Å². The van der Waals surface area contributed by atoms with Crippen molar-refractivity contribution >= 4 is 24.5 Å². The molecule has 2 fully saturated rings. The largest absolute Gasteiger partial charge is 0.498 e. The lowest BCUT2D eigenvalue weighted by molar-refractivity contribution is -0.150. The second-order valence-electron chi connectivity index (χ2n) is 8.33. The second kappa shape index (κ2) is 6.49. The van der Waals surface area contributed by atoms with Gasteiger partial charge < -0.3 is 19.3 Å². The summed E-state index contributed by atoms with van der Waals surface area (Å²) < 4.78 is 12.0. The zero-order chi connectivity index (χ0) is 19.2. The van der Waals surface area contributed by atoms with Crippen LogP contribution in [0.4, 0.5) is 5.95 Å². The van der Waals surface area contributed by atoms with E-state index in [1.165, 1.54) is 0 Å². The van der Waals surface area contributed by atoms with Crippen LogP contribution in [0.15, 0.2) is 12.4 Å². The summed E-state index contributed by atoms with van der Waals surface area (Å²) in [5.41, 5.74) is -0.621. The average Bonchev–Trinajstić information content (AvgIpc) is 2.82. The molecule has 1 aromatic rings. The normalized spacial score (nSPS) is 23.9. The summed E-state index contributed by atoms with van der Waals surface area (Å²) in [6, 6.07) is 0. The van der Waals surface area contributed by atoms with Gasteiger partial charge in [-0.25, -0.2) is 9.97 Å². The number of piperidine rings is 1. The Morgan fingerprint density at radius 1 is 1.15 bits per heavy atom. The molecule has 0 amide bonds. The van der Waals surface area contributed by atoms with Crippen molar-refractivity contribution < 1.29 is 19.2 Å². The van der Waals surface area contributed by atoms with E-state index in [1.807, 2.05) is 39.5 Å². The maximum atomic E-state index is 11.6. The van der Waals surface area contributed by atoms with Crippen LogP contribution in [0.1, 0.15) is 53.9 Å². The van der Waals surface area contributed by atoms with Crippen LogP contribution in [0.2, 0.25) is 0 Å². The van der Waals surface area contributed by atoms with E-state index >= 15 is 0 Å². The van der Waals surface area contributed by atoms with E-state index in [0.29, 0.717) is 38.3 Å². The number of aliphatic carboxylic acids is 1. The van der Waals surface area contributed by atoms with Gasteiger partial charge in [0.25, 0.3) is 0 Å². The number of carboxylic acids is 1. The van der Waals surface area contributed by atoms with E-state index in [4.69, 9.17) is 9.31 Å². The molecule has 1 aromatic heterocycles. The second-order valence-corrected chi connectivity index (χ2v) is 8.33. The first-order chi connectivity index (χ1) is 12.1. The Morgan fingerprint density at radius 2 is 1.65 bits per heavy atom. The molecular formula is C18H28BN3O4. The van der Waals surface area contributed by atoms with Crippen LogP contribution in [-0.4, -0.2) is 52.5 Å². The molecular weight excluding hydrogens is 333 g/mol. The Hall–Kier alpha value is -1.67. The molecule has 0 spiro atoms. The molecule has 0 bridgehead atoms. The number of hydrogen-bond donors (Lipinski definition) is 1. The number of rotatable bonds is 4. The van der Waals surface area contributed by atoms with Crippen LogP contribution < -0.4 is 10.4 Å². The molecule has 2 aliphatic heterocycles. The Balaban J connectivity index is 1.67. The summed E-state index contributed by atoms with van der Waals surface area (Å²) >= 11 is 0. The molecule has 3 rings (SSSR count). The highest BCUT2D eigenvalue weighted by molar-refractivity contribution is 6.61. The van der Waals surface area contributed by atoms with Gasteiger partial charge in [0.1, 0.15) is 0 Å². The molecule has 2 saturated heterocycles. The fraction of sp³-hybridized carbons (Fsp3) is 0.722. The first-order valence-corrected chi connectivity index (χ1v) is 9.26. The summed E-state index contributed by atoms with van der Waals surface area (Å²) in [5, 5.41) is 9.51. The van der Waals surface area contributed by atoms with Gasteiger partial charge in [-0.05, 0) is 47.0 Å². The van der Waals surface area contributed by atoms with Gasteiger partial charge in [-0.3, -0.25) is 4.79 Å². The minimum Gasteiger partial charge on any atom is -0.481 e. The van der Waals surface area contributed by atoms with Gasteiger partial charge in [-0.15, -0.1) is 0 Å². The molecule has 26 heavy (non-hydrogen) atoms. The van der Waals surface area contributed by atoms with Crippen molar-refractivity contribution in [2.24, 2.45) is 5.41 Å². The Labute approximate surface area is 155 Å². The predicted molar refractivity (Wildman–Crippen MR) is 99.6 cm³/mol. The number of carboxylic acid groups (broad SMARTS) is 1. The van der Waals surface area contributed by atoms with E-state index in [9.17, 15) is 9.90 Å². The first kappa shape index (κ1) is 19.1. The van der Waals surface area contributed by atoms with Crippen molar-refractivity contribution in [3.8, 4) is 0 Å². The standard InChI is InChI=1S/C18H28BN3O4/c1-6-18(14(23)24)7-9-22(10-8-18)15-20-11-13(12-21-15)19-25-16(2,3)17(4,5)26-19/h11-12H,6-10H2,1-5H3,(H,23,24). The highest BCUT2D eigenvalue weighted by Gasteiger charge is 2.52. The summed E-state index contributed by atoms with van der Waals surface area (Å²) in [6.07, 6.45) is 5.35.